The maximum Gasteiger partial charge on any atom is 0.155 e. The lowest BCUT2D eigenvalue weighted by molar-refractivity contribution is -0.104. The van der Waals surface area contributed by atoms with Crippen LogP contribution in [-0.4, -0.2) is 17.1 Å². The first-order valence-corrected chi connectivity index (χ1v) is 5.10. The van der Waals surface area contributed by atoms with Crippen molar-refractivity contribution in [1.29, 1.82) is 0 Å². The van der Waals surface area contributed by atoms with Gasteiger partial charge < -0.3 is 5.11 Å². The van der Waals surface area contributed by atoms with Gasteiger partial charge in [-0.3, -0.25) is 9.79 Å². The number of aliphatic imine (C=N–C) groups is 1. The van der Waals surface area contributed by atoms with Crippen LogP contribution < -0.4 is 0 Å². The van der Waals surface area contributed by atoms with E-state index in [2.05, 4.69) is 4.99 Å². The third-order valence-electron chi connectivity index (χ3n) is 2.94. The van der Waals surface area contributed by atoms with Gasteiger partial charge in [-0.15, -0.1) is 0 Å². The van der Waals surface area contributed by atoms with Crippen LogP contribution in [0.2, 0.25) is 0 Å². The van der Waals surface area contributed by atoms with Crippen LogP contribution in [0.25, 0.3) is 0 Å². The number of para-hydroxylation sites is 1. The van der Waals surface area contributed by atoms with Crippen molar-refractivity contribution < 1.29 is 9.90 Å². The summed E-state index contributed by atoms with van der Waals surface area (Å²) in [7, 11) is 0. The quantitative estimate of drug-likeness (QED) is 0.468. The summed E-state index contributed by atoms with van der Waals surface area (Å²) >= 11 is 0. The number of rotatable bonds is 2. The lowest BCUT2D eigenvalue weighted by Gasteiger charge is -2.21. The van der Waals surface area contributed by atoms with Crippen molar-refractivity contribution in [3.8, 4) is 0 Å². The van der Waals surface area contributed by atoms with Crippen LogP contribution >= 0.6 is 0 Å². The molecule has 3 heteroatoms. The second-order valence-electron chi connectivity index (χ2n) is 4.30. The number of hydrogen-bond acceptors (Lipinski definition) is 3. The Balaban J connectivity index is 2.59. The average Bonchev–Trinajstić information content (AvgIpc) is 2.54. The van der Waals surface area contributed by atoms with Gasteiger partial charge in [-0.2, -0.15) is 0 Å². The molecule has 2 rings (SSSR count). The Labute approximate surface area is 94.1 Å². The summed E-state index contributed by atoms with van der Waals surface area (Å²) in [6, 6.07) is 7.75. The third kappa shape index (κ3) is 1.36. The van der Waals surface area contributed by atoms with E-state index in [0.29, 0.717) is 12.0 Å². The minimum Gasteiger partial charge on any atom is -0.515 e. The zero-order valence-electron chi connectivity index (χ0n) is 9.27. The lowest BCUT2D eigenvalue weighted by atomic mass is 9.79. The molecule has 1 aromatic carbocycles. The lowest BCUT2D eigenvalue weighted by Crippen LogP contribution is -2.27. The van der Waals surface area contributed by atoms with E-state index in [1.807, 2.05) is 38.1 Å². The van der Waals surface area contributed by atoms with Gasteiger partial charge in [0.25, 0.3) is 0 Å². The molecule has 0 saturated carbocycles. The fraction of sp³-hybridized carbons (Fsp3) is 0.231. The highest BCUT2D eigenvalue weighted by molar-refractivity contribution is 6.21. The molecule has 0 aromatic heterocycles. The second-order valence-corrected chi connectivity index (χ2v) is 4.30. The molecule has 1 heterocycles. The average molecular weight is 215 g/mol. The molecule has 0 aliphatic carbocycles. The van der Waals surface area contributed by atoms with Crippen molar-refractivity contribution in [2.45, 2.75) is 19.3 Å². The SMILES string of the molecule is CC1(C)C(/C(C=O)=C\O)=Nc2ccccc21. The number of benzene rings is 1. The summed E-state index contributed by atoms with van der Waals surface area (Å²) < 4.78 is 0. The predicted molar refractivity (Wildman–Crippen MR) is 63.3 cm³/mol. The number of aliphatic hydroxyl groups is 1. The number of aldehydes is 1. The summed E-state index contributed by atoms with van der Waals surface area (Å²) in [4.78, 5) is 15.3. The Morgan fingerprint density at radius 3 is 2.62 bits per heavy atom. The van der Waals surface area contributed by atoms with Crippen LogP contribution in [0, 0.1) is 0 Å². The van der Waals surface area contributed by atoms with Crippen LogP contribution in [0.1, 0.15) is 19.4 Å². The van der Waals surface area contributed by atoms with Crippen molar-refractivity contribution in [1.82, 2.24) is 0 Å². The molecule has 1 aliphatic heterocycles. The molecule has 0 fully saturated rings. The van der Waals surface area contributed by atoms with Crippen LogP contribution in [0.15, 0.2) is 41.1 Å². The number of nitrogens with zero attached hydrogens (tertiary/aromatic N) is 1. The number of carbonyl (C=O) groups excluding carboxylic acids is 1. The van der Waals surface area contributed by atoms with Gasteiger partial charge >= 0.3 is 0 Å². The fourth-order valence-electron chi connectivity index (χ4n) is 2.06. The van der Waals surface area contributed by atoms with Crippen molar-refractivity contribution in [3.63, 3.8) is 0 Å². The topological polar surface area (TPSA) is 49.7 Å². The van der Waals surface area contributed by atoms with Gasteiger partial charge in [0, 0.05) is 5.41 Å². The number of aliphatic hydroxyl groups excluding tert-OH is 1. The van der Waals surface area contributed by atoms with E-state index in [1.54, 1.807) is 0 Å². The van der Waals surface area contributed by atoms with Crippen molar-refractivity contribution in [2.75, 3.05) is 0 Å². The molecular weight excluding hydrogens is 202 g/mol. The molecule has 0 spiro atoms. The standard InChI is InChI=1S/C13H13NO2/c1-13(2)10-5-3-4-6-11(10)14-12(13)9(7-15)8-16/h3-8,15H,1-2H3/b9-7-. The molecule has 1 aromatic rings. The molecule has 1 aliphatic rings. The monoisotopic (exact) mass is 215 g/mol. The van der Waals surface area contributed by atoms with E-state index >= 15 is 0 Å². The zero-order valence-corrected chi connectivity index (χ0v) is 9.27. The van der Waals surface area contributed by atoms with Crippen molar-refractivity contribution in [2.24, 2.45) is 4.99 Å². The second kappa shape index (κ2) is 3.59. The summed E-state index contributed by atoms with van der Waals surface area (Å²) in [5, 5.41) is 9.02. The Hall–Kier alpha value is -1.90. The predicted octanol–water partition coefficient (Wildman–Crippen LogP) is 2.69. The van der Waals surface area contributed by atoms with Gasteiger partial charge in [-0.05, 0) is 11.6 Å². The first kappa shape index (κ1) is 10.6. The fourth-order valence-corrected chi connectivity index (χ4v) is 2.06. The molecule has 82 valence electrons. The van der Waals surface area contributed by atoms with Gasteiger partial charge in [0.1, 0.15) is 0 Å². The molecule has 0 atom stereocenters. The van der Waals surface area contributed by atoms with Crippen molar-refractivity contribution >= 4 is 17.7 Å². The Morgan fingerprint density at radius 1 is 1.38 bits per heavy atom. The minimum atomic E-state index is -0.341. The number of fused-ring (bicyclic) bond motifs is 1. The number of hydrogen-bond donors (Lipinski definition) is 1. The molecule has 0 unspecified atom stereocenters. The van der Waals surface area contributed by atoms with E-state index in [4.69, 9.17) is 5.11 Å². The first-order chi connectivity index (χ1) is 7.61. The number of allylic oxidation sites excluding steroid dienone is 1. The molecule has 0 amide bonds. The van der Waals surface area contributed by atoms with E-state index in [0.717, 1.165) is 17.5 Å². The Morgan fingerprint density at radius 2 is 2.06 bits per heavy atom. The van der Waals surface area contributed by atoms with E-state index in [1.165, 1.54) is 0 Å². The summed E-state index contributed by atoms with van der Waals surface area (Å²) in [6.45, 7) is 3.98. The van der Waals surface area contributed by atoms with Gasteiger partial charge in [0.2, 0.25) is 0 Å². The summed E-state index contributed by atoms with van der Waals surface area (Å²) in [6.07, 6.45) is 1.45. The maximum absolute atomic E-state index is 10.9. The molecule has 16 heavy (non-hydrogen) atoms. The molecule has 0 radical (unpaired) electrons. The Kier molecular flexibility index (Phi) is 2.38. The highest BCUT2D eigenvalue weighted by Crippen LogP contribution is 2.41. The zero-order chi connectivity index (χ0) is 11.8. The van der Waals surface area contributed by atoms with Crippen LogP contribution in [0.3, 0.4) is 0 Å². The van der Waals surface area contributed by atoms with Crippen LogP contribution in [0.5, 0.6) is 0 Å². The van der Waals surface area contributed by atoms with Gasteiger partial charge in [-0.25, -0.2) is 0 Å². The maximum atomic E-state index is 10.9. The van der Waals surface area contributed by atoms with Gasteiger partial charge in [-0.1, -0.05) is 32.0 Å². The summed E-state index contributed by atoms with van der Waals surface area (Å²) in [5.74, 6) is 0. The Bertz CT molecular complexity index is 498. The van der Waals surface area contributed by atoms with E-state index in [-0.39, 0.29) is 11.0 Å². The van der Waals surface area contributed by atoms with E-state index < -0.39 is 0 Å². The van der Waals surface area contributed by atoms with Crippen LogP contribution in [-0.2, 0) is 10.2 Å². The normalized spacial score (nSPS) is 17.9. The van der Waals surface area contributed by atoms with Gasteiger partial charge in [0.05, 0.1) is 23.2 Å². The third-order valence-corrected chi connectivity index (χ3v) is 2.94. The number of carbonyl (C=O) groups is 1. The van der Waals surface area contributed by atoms with E-state index in [9.17, 15) is 4.79 Å². The van der Waals surface area contributed by atoms with Crippen molar-refractivity contribution in [3.05, 3.63) is 41.7 Å². The molecule has 3 nitrogen and oxygen atoms in total. The first-order valence-electron chi connectivity index (χ1n) is 5.10. The molecule has 0 bridgehead atoms. The highest BCUT2D eigenvalue weighted by atomic mass is 16.2. The van der Waals surface area contributed by atoms with Gasteiger partial charge in [0.15, 0.2) is 6.29 Å². The minimum absolute atomic E-state index is 0.237. The molecule has 1 N–H and O–H groups in total. The largest absolute Gasteiger partial charge is 0.515 e. The highest BCUT2D eigenvalue weighted by Gasteiger charge is 2.36. The molecular formula is C13H13NO2. The molecule has 0 saturated heterocycles. The van der Waals surface area contributed by atoms with Crippen LogP contribution in [0.4, 0.5) is 5.69 Å². The smallest absolute Gasteiger partial charge is 0.155 e. The summed E-state index contributed by atoms with van der Waals surface area (Å²) in [5.41, 5.74) is 2.45.